The van der Waals surface area contributed by atoms with Crippen molar-refractivity contribution >= 4 is 15.8 Å². The first-order valence-corrected chi connectivity index (χ1v) is 7.60. The third-order valence-electron chi connectivity index (χ3n) is 2.82. The maximum absolute atomic E-state index is 12.1. The van der Waals surface area contributed by atoms with Gasteiger partial charge in [0.05, 0.1) is 17.0 Å². The Hall–Kier alpha value is -2.49. The molecule has 0 aliphatic carbocycles. The van der Waals surface area contributed by atoms with E-state index in [2.05, 4.69) is 4.72 Å². The highest BCUT2D eigenvalue weighted by Crippen LogP contribution is 2.14. The predicted octanol–water partition coefficient (Wildman–Crippen LogP) is 1.72. The van der Waals surface area contributed by atoms with Crippen molar-refractivity contribution in [3.8, 4) is 6.07 Å². The Balaban J connectivity index is 2.16. The smallest absolute Gasteiger partial charge is 0.242 e. The minimum absolute atomic E-state index is 0.0390. The number of sulfonamides is 1. The van der Waals surface area contributed by atoms with Crippen LogP contribution >= 0.6 is 0 Å². The Morgan fingerprint density at radius 3 is 2.33 bits per heavy atom. The molecular weight excluding hydrogens is 288 g/mol. The van der Waals surface area contributed by atoms with Gasteiger partial charge in [-0.05, 0) is 12.1 Å². The van der Waals surface area contributed by atoms with E-state index in [-0.39, 0.29) is 22.8 Å². The Labute approximate surface area is 122 Å². The third kappa shape index (κ3) is 3.54. The number of nitrogens with zero attached hydrogens (tertiary/aromatic N) is 1. The number of Topliss-reactive ketones (excluding diaryl/α,β-unsaturated/α-hetero) is 1. The number of benzene rings is 2. The fourth-order valence-corrected chi connectivity index (χ4v) is 2.90. The summed E-state index contributed by atoms with van der Waals surface area (Å²) in [5.41, 5.74) is 0.464. The highest BCUT2D eigenvalue weighted by Gasteiger charge is 2.19. The number of hydrogen-bond donors (Lipinski definition) is 1. The van der Waals surface area contributed by atoms with Gasteiger partial charge in [-0.3, -0.25) is 4.79 Å². The van der Waals surface area contributed by atoms with Gasteiger partial charge in [-0.15, -0.1) is 0 Å². The third-order valence-corrected chi connectivity index (χ3v) is 4.27. The lowest BCUT2D eigenvalue weighted by Gasteiger charge is -2.07. The molecule has 0 aromatic heterocycles. The van der Waals surface area contributed by atoms with Crippen molar-refractivity contribution in [1.82, 2.24) is 4.72 Å². The average molecular weight is 300 g/mol. The minimum Gasteiger partial charge on any atom is -0.293 e. The molecule has 2 aromatic rings. The molecule has 0 aliphatic rings. The van der Waals surface area contributed by atoms with Crippen LogP contribution in [-0.4, -0.2) is 20.7 Å². The van der Waals surface area contributed by atoms with Gasteiger partial charge in [0.15, 0.2) is 5.78 Å². The van der Waals surface area contributed by atoms with Crippen molar-refractivity contribution in [2.45, 2.75) is 4.90 Å². The number of hydrogen-bond acceptors (Lipinski definition) is 4. The van der Waals surface area contributed by atoms with Crippen LogP contribution in [0.15, 0.2) is 59.5 Å². The molecule has 0 fully saturated rings. The molecule has 0 spiro atoms. The van der Waals surface area contributed by atoms with Crippen LogP contribution in [0.1, 0.15) is 15.9 Å². The van der Waals surface area contributed by atoms with Gasteiger partial charge in [0, 0.05) is 5.56 Å². The molecule has 0 aliphatic heterocycles. The first kappa shape index (κ1) is 14.9. The summed E-state index contributed by atoms with van der Waals surface area (Å²) < 4.78 is 26.5. The molecule has 0 atom stereocenters. The molecule has 1 N–H and O–H groups in total. The summed E-state index contributed by atoms with van der Waals surface area (Å²) in [4.78, 5) is 11.8. The van der Waals surface area contributed by atoms with Crippen LogP contribution in [0.4, 0.5) is 0 Å². The fourth-order valence-electron chi connectivity index (χ4n) is 1.76. The Morgan fingerprint density at radius 1 is 1.05 bits per heavy atom. The average Bonchev–Trinajstić information content (AvgIpc) is 2.53. The molecule has 0 radical (unpaired) electrons. The molecule has 0 saturated heterocycles. The quantitative estimate of drug-likeness (QED) is 0.852. The lowest BCUT2D eigenvalue weighted by Crippen LogP contribution is -2.30. The van der Waals surface area contributed by atoms with Crippen LogP contribution in [-0.2, 0) is 10.0 Å². The van der Waals surface area contributed by atoms with Crippen LogP contribution in [0, 0.1) is 11.3 Å². The van der Waals surface area contributed by atoms with Gasteiger partial charge < -0.3 is 0 Å². The zero-order chi connectivity index (χ0) is 15.3. The number of ketones is 1. The van der Waals surface area contributed by atoms with Crippen molar-refractivity contribution in [1.29, 1.82) is 5.26 Å². The molecule has 0 heterocycles. The standard InChI is InChI=1S/C15H12N2O3S/c16-10-13-8-4-5-9-15(13)21(19,20)17-11-14(18)12-6-2-1-3-7-12/h1-9,17H,11H2. The Kier molecular flexibility index (Phi) is 4.48. The van der Waals surface area contributed by atoms with E-state index in [1.54, 1.807) is 36.4 Å². The molecule has 0 bridgehead atoms. The fraction of sp³-hybridized carbons (Fsp3) is 0.0667. The lowest BCUT2D eigenvalue weighted by atomic mass is 10.1. The van der Waals surface area contributed by atoms with E-state index in [4.69, 9.17) is 5.26 Å². The highest BCUT2D eigenvalue weighted by molar-refractivity contribution is 7.89. The van der Waals surface area contributed by atoms with Crippen LogP contribution in [0.5, 0.6) is 0 Å². The lowest BCUT2D eigenvalue weighted by molar-refractivity contribution is 0.0997. The molecule has 0 amide bonds. The molecule has 106 valence electrons. The summed E-state index contributed by atoms with van der Waals surface area (Å²) >= 11 is 0. The first-order valence-electron chi connectivity index (χ1n) is 6.11. The molecule has 0 unspecified atom stereocenters. The zero-order valence-corrected chi connectivity index (χ0v) is 11.8. The maximum atomic E-state index is 12.1. The van der Waals surface area contributed by atoms with Gasteiger partial charge in [0.25, 0.3) is 0 Å². The number of nitrogens with one attached hydrogen (secondary N) is 1. The minimum atomic E-state index is -3.90. The molecule has 5 nitrogen and oxygen atoms in total. The molecule has 2 rings (SSSR count). The topological polar surface area (TPSA) is 87.0 Å². The summed E-state index contributed by atoms with van der Waals surface area (Å²) in [6, 6.07) is 16.0. The summed E-state index contributed by atoms with van der Waals surface area (Å²) in [7, 11) is -3.90. The largest absolute Gasteiger partial charge is 0.293 e. The monoisotopic (exact) mass is 300 g/mol. The SMILES string of the molecule is N#Cc1ccccc1S(=O)(=O)NCC(=O)c1ccccc1. The van der Waals surface area contributed by atoms with Crippen LogP contribution in [0.2, 0.25) is 0 Å². The second-order valence-electron chi connectivity index (χ2n) is 4.22. The summed E-state index contributed by atoms with van der Waals surface area (Å²) in [6.07, 6.45) is 0. The van der Waals surface area contributed by atoms with Gasteiger partial charge in [-0.2, -0.15) is 5.26 Å². The van der Waals surface area contributed by atoms with Crippen molar-refractivity contribution in [2.75, 3.05) is 6.54 Å². The number of carbonyl (C=O) groups is 1. The molecule has 0 saturated carbocycles. The van der Waals surface area contributed by atoms with E-state index in [0.29, 0.717) is 5.56 Å². The predicted molar refractivity (Wildman–Crippen MR) is 77.1 cm³/mol. The second-order valence-corrected chi connectivity index (χ2v) is 5.96. The highest BCUT2D eigenvalue weighted by atomic mass is 32.2. The van der Waals surface area contributed by atoms with Gasteiger partial charge in [-0.1, -0.05) is 42.5 Å². The number of carbonyl (C=O) groups excluding carboxylic acids is 1. The van der Waals surface area contributed by atoms with E-state index in [0.717, 1.165) is 0 Å². The number of rotatable bonds is 5. The van der Waals surface area contributed by atoms with Crippen molar-refractivity contribution < 1.29 is 13.2 Å². The van der Waals surface area contributed by atoms with Gasteiger partial charge in [0.1, 0.15) is 6.07 Å². The summed E-state index contributed by atoms with van der Waals surface area (Å²) in [5, 5.41) is 8.93. The summed E-state index contributed by atoms with van der Waals surface area (Å²) in [5.74, 6) is -0.339. The van der Waals surface area contributed by atoms with Crippen LogP contribution in [0.25, 0.3) is 0 Å². The first-order chi connectivity index (χ1) is 10.0. The van der Waals surface area contributed by atoms with Crippen molar-refractivity contribution in [3.63, 3.8) is 0 Å². The molecule has 21 heavy (non-hydrogen) atoms. The van der Waals surface area contributed by atoms with Crippen molar-refractivity contribution in [2.24, 2.45) is 0 Å². The molecule has 6 heteroatoms. The van der Waals surface area contributed by atoms with Gasteiger partial charge in [0.2, 0.25) is 10.0 Å². The van der Waals surface area contributed by atoms with E-state index < -0.39 is 10.0 Å². The van der Waals surface area contributed by atoms with E-state index in [1.807, 2.05) is 6.07 Å². The normalized spacial score (nSPS) is 10.8. The van der Waals surface area contributed by atoms with E-state index in [9.17, 15) is 13.2 Å². The maximum Gasteiger partial charge on any atom is 0.242 e. The van der Waals surface area contributed by atoms with Gasteiger partial charge in [-0.25, -0.2) is 13.1 Å². The van der Waals surface area contributed by atoms with Gasteiger partial charge >= 0.3 is 0 Å². The summed E-state index contributed by atoms with van der Waals surface area (Å²) in [6.45, 7) is -0.355. The Morgan fingerprint density at radius 2 is 1.67 bits per heavy atom. The second kappa shape index (κ2) is 6.31. The van der Waals surface area contributed by atoms with Crippen LogP contribution in [0.3, 0.4) is 0 Å². The van der Waals surface area contributed by atoms with Crippen LogP contribution < -0.4 is 4.72 Å². The molecule has 2 aromatic carbocycles. The number of nitriles is 1. The Bertz CT molecular complexity index is 793. The van der Waals surface area contributed by atoms with Crippen molar-refractivity contribution in [3.05, 3.63) is 65.7 Å². The van der Waals surface area contributed by atoms with E-state index >= 15 is 0 Å². The zero-order valence-electron chi connectivity index (χ0n) is 11.0. The van der Waals surface area contributed by atoms with E-state index in [1.165, 1.54) is 18.2 Å². The molecular formula is C15H12N2O3S.